The summed E-state index contributed by atoms with van der Waals surface area (Å²) in [5.41, 5.74) is 0. The van der Waals surface area contributed by atoms with Crippen molar-refractivity contribution in [2.75, 3.05) is 40.9 Å². The van der Waals surface area contributed by atoms with Gasteiger partial charge in [-0.2, -0.15) is 0 Å². The van der Waals surface area contributed by atoms with Gasteiger partial charge in [-0.1, -0.05) is 74.3 Å². The van der Waals surface area contributed by atoms with E-state index >= 15 is 0 Å². The molecule has 0 amide bonds. The van der Waals surface area contributed by atoms with Gasteiger partial charge >= 0.3 is 8.80 Å². The predicted octanol–water partition coefficient (Wildman–Crippen LogP) is 7.84. The van der Waals surface area contributed by atoms with Crippen LogP contribution in [0.5, 0.6) is 0 Å². The lowest BCUT2D eigenvalue weighted by Crippen LogP contribution is -2.45. The molecule has 2 atom stereocenters. The fourth-order valence-electron chi connectivity index (χ4n) is 5.39. The van der Waals surface area contributed by atoms with E-state index in [0.29, 0.717) is 6.04 Å². The molecule has 0 aromatic carbocycles. The van der Waals surface area contributed by atoms with Crippen LogP contribution in [-0.2, 0) is 17.7 Å². The standard InChI is InChI=1S/C33H62O6Si2/c1-36-40(30-34,31-35)27-21-17-13-9-5-7-11-15-19-23-32-25-26-33(29-32)24-20-16-12-8-6-10-14-18-22-28-41(37-2,38-3)39-4/h17-24,32-35H,5-16,25-31H2,1-4H3/b21-17?,22-18?,23-19+,24-20+. The van der Waals surface area contributed by atoms with E-state index in [1.165, 1.54) is 83.5 Å². The van der Waals surface area contributed by atoms with Crippen LogP contribution in [-0.4, -0.2) is 68.2 Å². The molecule has 0 aliphatic heterocycles. The summed E-state index contributed by atoms with van der Waals surface area (Å²) in [6, 6.07) is 1.42. The minimum Gasteiger partial charge on any atom is -0.415 e. The van der Waals surface area contributed by atoms with Crippen LogP contribution in [0.3, 0.4) is 0 Å². The molecule has 238 valence electrons. The summed E-state index contributed by atoms with van der Waals surface area (Å²) in [4.78, 5) is 0. The van der Waals surface area contributed by atoms with Crippen molar-refractivity contribution in [2.24, 2.45) is 11.8 Å². The molecule has 1 rings (SSSR count). The Hall–Kier alpha value is -0.846. The second-order valence-corrected chi connectivity index (χ2v) is 18.3. The molecule has 2 N–H and O–H groups in total. The largest absolute Gasteiger partial charge is 0.504 e. The molecule has 0 spiro atoms. The van der Waals surface area contributed by atoms with Crippen LogP contribution < -0.4 is 0 Å². The topological polar surface area (TPSA) is 77.4 Å². The third-order valence-corrected chi connectivity index (χ3v) is 14.0. The number of unbranched alkanes of at least 4 members (excludes halogenated alkanes) is 10. The van der Waals surface area contributed by atoms with Gasteiger partial charge in [-0.25, -0.2) is 0 Å². The molecule has 0 aromatic heterocycles. The zero-order valence-corrected chi connectivity index (χ0v) is 28.7. The number of hydrogen-bond donors (Lipinski definition) is 2. The van der Waals surface area contributed by atoms with E-state index in [9.17, 15) is 10.2 Å². The Labute approximate surface area is 254 Å². The third kappa shape index (κ3) is 17.1. The van der Waals surface area contributed by atoms with Gasteiger partial charge in [0.1, 0.15) is 0 Å². The molecule has 1 fully saturated rings. The lowest BCUT2D eigenvalue weighted by molar-refractivity contribution is 0.127. The first-order valence-corrected chi connectivity index (χ1v) is 20.5. The van der Waals surface area contributed by atoms with Crippen molar-refractivity contribution in [1.29, 1.82) is 0 Å². The van der Waals surface area contributed by atoms with Crippen LogP contribution in [0.2, 0.25) is 12.1 Å². The first-order chi connectivity index (χ1) is 20.0. The number of hydrogen-bond acceptors (Lipinski definition) is 6. The Morgan fingerprint density at radius 1 is 0.537 bits per heavy atom. The van der Waals surface area contributed by atoms with Gasteiger partial charge in [0.25, 0.3) is 0 Å². The number of aliphatic hydroxyl groups is 2. The van der Waals surface area contributed by atoms with Crippen molar-refractivity contribution in [2.45, 2.75) is 108 Å². The van der Waals surface area contributed by atoms with Crippen LogP contribution in [0.1, 0.15) is 96.3 Å². The smallest absolute Gasteiger partial charge is 0.415 e. The average molecular weight is 611 g/mol. The maximum absolute atomic E-state index is 9.45. The highest BCUT2D eigenvalue weighted by Gasteiger charge is 2.36. The second kappa shape index (κ2) is 24.6. The van der Waals surface area contributed by atoms with E-state index in [0.717, 1.165) is 30.7 Å². The van der Waals surface area contributed by atoms with E-state index in [4.69, 9.17) is 17.7 Å². The zero-order valence-electron chi connectivity index (χ0n) is 26.7. The van der Waals surface area contributed by atoms with Gasteiger partial charge in [0, 0.05) is 34.5 Å². The average Bonchev–Trinajstić information content (AvgIpc) is 3.46. The Bertz CT molecular complexity index is 655. The lowest BCUT2D eigenvalue weighted by Gasteiger charge is -2.23. The van der Waals surface area contributed by atoms with Crippen LogP contribution in [0.4, 0.5) is 0 Å². The predicted molar refractivity (Wildman–Crippen MR) is 176 cm³/mol. The Balaban J connectivity index is 2.00. The number of aliphatic hydroxyl groups excluding tert-OH is 2. The van der Waals surface area contributed by atoms with Crippen LogP contribution >= 0.6 is 0 Å². The summed E-state index contributed by atoms with van der Waals surface area (Å²) in [5.74, 6) is 1.55. The van der Waals surface area contributed by atoms with Crippen LogP contribution in [0.15, 0.2) is 48.6 Å². The van der Waals surface area contributed by atoms with Gasteiger partial charge in [-0.05, 0) is 88.5 Å². The molecule has 1 aliphatic rings. The fourth-order valence-corrected chi connectivity index (χ4v) is 8.22. The van der Waals surface area contributed by atoms with Crippen LogP contribution in [0, 0.1) is 11.8 Å². The molecule has 6 nitrogen and oxygen atoms in total. The minimum absolute atomic E-state index is 0.0271. The molecule has 2 unspecified atom stereocenters. The highest BCUT2D eigenvalue weighted by Crippen LogP contribution is 2.33. The van der Waals surface area contributed by atoms with E-state index < -0.39 is 17.1 Å². The maximum Gasteiger partial charge on any atom is 0.504 e. The van der Waals surface area contributed by atoms with Crippen molar-refractivity contribution in [1.82, 2.24) is 0 Å². The minimum atomic E-state index is -2.46. The van der Waals surface area contributed by atoms with E-state index in [1.54, 1.807) is 28.4 Å². The Morgan fingerprint density at radius 3 is 1.34 bits per heavy atom. The highest BCUT2D eigenvalue weighted by atomic mass is 28.4. The summed E-state index contributed by atoms with van der Waals surface area (Å²) in [6.07, 6.45) is 37.2. The number of allylic oxidation sites excluding steroid dienone is 8. The number of rotatable bonds is 26. The van der Waals surface area contributed by atoms with E-state index in [2.05, 4.69) is 48.6 Å². The van der Waals surface area contributed by atoms with Gasteiger partial charge in [-0.3, -0.25) is 0 Å². The third-order valence-electron chi connectivity index (χ3n) is 8.45. The van der Waals surface area contributed by atoms with Crippen molar-refractivity contribution in [3.8, 4) is 0 Å². The molecule has 1 aliphatic carbocycles. The van der Waals surface area contributed by atoms with Crippen molar-refractivity contribution in [3.63, 3.8) is 0 Å². The van der Waals surface area contributed by atoms with Gasteiger partial charge in [0.2, 0.25) is 8.32 Å². The second-order valence-electron chi connectivity index (χ2n) is 11.5. The van der Waals surface area contributed by atoms with Crippen LogP contribution in [0.25, 0.3) is 0 Å². The summed E-state index contributed by atoms with van der Waals surface area (Å²) >= 11 is 0. The first kappa shape index (κ1) is 38.2. The first-order valence-electron chi connectivity index (χ1n) is 16.1. The highest BCUT2D eigenvalue weighted by molar-refractivity contribution is 6.73. The van der Waals surface area contributed by atoms with E-state index in [1.807, 2.05) is 0 Å². The Morgan fingerprint density at radius 2 is 0.951 bits per heavy atom. The quantitative estimate of drug-likeness (QED) is 0.0590. The maximum atomic E-state index is 9.45. The van der Waals surface area contributed by atoms with Gasteiger partial charge < -0.3 is 27.9 Å². The molecule has 1 saturated carbocycles. The van der Waals surface area contributed by atoms with Crippen molar-refractivity contribution in [3.05, 3.63) is 48.6 Å². The molecule has 0 radical (unpaired) electrons. The lowest BCUT2D eigenvalue weighted by atomic mass is 10.0. The van der Waals surface area contributed by atoms with Crippen molar-refractivity contribution < 1.29 is 27.9 Å². The Kier molecular flexibility index (Phi) is 22.9. The summed E-state index contributed by atoms with van der Waals surface area (Å²) in [6.45, 7) is 0. The fraction of sp³-hybridized carbons (Fsp3) is 0.758. The molecule has 0 aromatic rings. The molecule has 0 heterocycles. The molecular weight excluding hydrogens is 549 g/mol. The zero-order chi connectivity index (χ0) is 30.1. The van der Waals surface area contributed by atoms with Gasteiger partial charge in [0.05, 0.1) is 12.5 Å². The van der Waals surface area contributed by atoms with Gasteiger partial charge in [-0.15, -0.1) is 0 Å². The molecule has 0 bridgehead atoms. The molecular formula is C33H62O6Si2. The monoisotopic (exact) mass is 610 g/mol. The van der Waals surface area contributed by atoms with E-state index in [-0.39, 0.29) is 12.5 Å². The summed E-state index contributed by atoms with van der Waals surface area (Å²) < 4.78 is 21.7. The molecule has 0 saturated heterocycles. The molecule has 41 heavy (non-hydrogen) atoms. The summed E-state index contributed by atoms with van der Waals surface area (Å²) in [7, 11) is 1.77. The van der Waals surface area contributed by atoms with Crippen molar-refractivity contribution >= 4 is 17.1 Å². The summed E-state index contributed by atoms with van der Waals surface area (Å²) in [5, 5.41) is 18.9. The molecule has 8 heteroatoms. The normalized spacial score (nSPS) is 18.8. The van der Waals surface area contributed by atoms with Gasteiger partial charge in [0.15, 0.2) is 0 Å². The SMILES string of the molecule is CO[Si](CO)(CO)CC=CCCCCCC/C=C/C1CCC(/C=C/CCCCCCC=CC[Si](OC)(OC)OC)C1.